The Morgan fingerprint density at radius 3 is 2.64 bits per heavy atom. The van der Waals surface area contributed by atoms with Crippen molar-refractivity contribution in [3.05, 3.63) is 42.5 Å². The number of rotatable bonds is 5. The molecule has 0 aliphatic heterocycles. The van der Waals surface area contributed by atoms with Crippen LogP contribution in [0.4, 0.5) is 0 Å². The van der Waals surface area contributed by atoms with Crippen LogP contribution in [0.2, 0.25) is 0 Å². The van der Waals surface area contributed by atoms with Crippen molar-refractivity contribution < 1.29 is 0 Å². The Morgan fingerprint density at radius 2 is 2.07 bits per heavy atom. The van der Waals surface area contributed by atoms with Crippen LogP contribution in [0.1, 0.15) is 6.92 Å². The lowest BCUT2D eigenvalue weighted by molar-refractivity contribution is 0.817. The molecule has 0 radical (unpaired) electrons. The molecule has 1 atom stereocenters. The van der Waals surface area contributed by atoms with Gasteiger partial charge in [-0.3, -0.25) is 0 Å². The molecule has 2 heteroatoms. The van der Waals surface area contributed by atoms with Gasteiger partial charge in [-0.1, -0.05) is 30.4 Å². The number of benzene rings is 1. The molecular weight excluding hydrogens is 190 g/mol. The lowest BCUT2D eigenvalue weighted by Gasteiger charge is -2.11. The monoisotopic (exact) mass is 207 g/mol. The maximum atomic E-state index is 3.20. The van der Waals surface area contributed by atoms with Gasteiger partial charge in [0.1, 0.15) is 0 Å². The first-order chi connectivity index (χ1) is 6.86. The van der Waals surface area contributed by atoms with Crippen molar-refractivity contribution >= 4 is 11.8 Å². The first kappa shape index (κ1) is 11.3. The molecule has 0 saturated carbocycles. The fraction of sp³-hybridized carbons (Fsp3) is 0.333. The minimum atomic E-state index is 0.521. The van der Waals surface area contributed by atoms with Crippen LogP contribution in [0.25, 0.3) is 0 Å². The minimum absolute atomic E-state index is 0.521. The van der Waals surface area contributed by atoms with Crippen LogP contribution in [-0.4, -0.2) is 18.8 Å². The third kappa shape index (κ3) is 3.99. The number of thioether (sulfide) groups is 1. The molecule has 1 N–H and O–H groups in total. The van der Waals surface area contributed by atoms with Gasteiger partial charge in [-0.25, -0.2) is 0 Å². The fourth-order valence-corrected chi connectivity index (χ4v) is 2.39. The van der Waals surface area contributed by atoms with Crippen molar-refractivity contribution in [2.75, 3.05) is 13.6 Å². The molecule has 76 valence electrons. The van der Waals surface area contributed by atoms with Gasteiger partial charge in [0.2, 0.25) is 0 Å². The van der Waals surface area contributed by atoms with E-state index in [9.17, 15) is 0 Å². The molecule has 0 heterocycles. The highest BCUT2D eigenvalue weighted by molar-refractivity contribution is 8.00. The van der Waals surface area contributed by atoms with E-state index in [-0.39, 0.29) is 0 Å². The first-order valence-corrected chi connectivity index (χ1v) is 5.74. The standard InChI is InChI=1S/C12H17NS/c1-3-7-12(10-13-2)14-11-8-5-4-6-9-11/h3-9,12-13H,10H2,1-2H3. The maximum absolute atomic E-state index is 3.20. The molecule has 0 bridgehead atoms. The second-order valence-electron chi connectivity index (χ2n) is 3.05. The molecule has 0 fully saturated rings. The Balaban J connectivity index is 2.55. The van der Waals surface area contributed by atoms with Crippen molar-refractivity contribution in [2.24, 2.45) is 0 Å². The third-order valence-electron chi connectivity index (χ3n) is 1.84. The zero-order chi connectivity index (χ0) is 10.2. The van der Waals surface area contributed by atoms with Gasteiger partial charge in [-0.05, 0) is 26.1 Å². The molecule has 0 amide bonds. The van der Waals surface area contributed by atoms with Gasteiger partial charge in [0, 0.05) is 16.7 Å². The molecule has 0 aliphatic carbocycles. The number of hydrogen-bond acceptors (Lipinski definition) is 2. The summed E-state index contributed by atoms with van der Waals surface area (Å²) >= 11 is 1.89. The van der Waals surface area contributed by atoms with Crippen LogP contribution in [0.3, 0.4) is 0 Å². The second kappa shape index (κ2) is 6.68. The topological polar surface area (TPSA) is 12.0 Å². The van der Waals surface area contributed by atoms with Crippen LogP contribution in [0.5, 0.6) is 0 Å². The average Bonchev–Trinajstić information content (AvgIpc) is 2.20. The Bertz CT molecular complexity index is 269. The van der Waals surface area contributed by atoms with Crippen LogP contribution >= 0.6 is 11.8 Å². The van der Waals surface area contributed by atoms with E-state index in [1.165, 1.54) is 4.90 Å². The van der Waals surface area contributed by atoms with E-state index in [4.69, 9.17) is 0 Å². The van der Waals surface area contributed by atoms with Gasteiger partial charge >= 0.3 is 0 Å². The zero-order valence-electron chi connectivity index (χ0n) is 8.73. The van der Waals surface area contributed by atoms with E-state index < -0.39 is 0 Å². The number of nitrogens with one attached hydrogen (secondary N) is 1. The van der Waals surface area contributed by atoms with Gasteiger partial charge in [0.25, 0.3) is 0 Å². The maximum Gasteiger partial charge on any atom is 0.0399 e. The van der Waals surface area contributed by atoms with E-state index in [0.29, 0.717) is 5.25 Å². The second-order valence-corrected chi connectivity index (χ2v) is 4.37. The summed E-state index contributed by atoms with van der Waals surface area (Å²) in [6, 6.07) is 10.5. The van der Waals surface area contributed by atoms with Crippen LogP contribution < -0.4 is 5.32 Å². The van der Waals surface area contributed by atoms with Crippen LogP contribution in [0, 0.1) is 0 Å². The Hall–Kier alpha value is -0.730. The van der Waals surface area contributed by atoms with Gasteiger partial charge < -0.3 is 5.32 Å². The highest BCUT2D eigenvalue weighted by atomic mass is 32.2. The minimum Gasteiger partial charge on any atom is -0.318 e. The number of hydrogen-bond donors (Lipinski definition) is 1. The first-order valence-electron chi connectivity index (χ1n) is 4.86. The summed E-state index contributed by atoms with van der Waals surface area (Å²) in [5.74, 6) is 0. The summed E-state index contributed by atoms with van der Waals surface area (Å²) in [5.41, 5.74) is 0. The highest BCUT2D eigenvalue weighted by Crippen LogP contribution is 2.23. The summed E-state index contributed by atoms with van der Waals surface area (Å²) in [6.45, 7) is 3.07. The molecule has 14 heavy (non-hydrogen) atoms. The molecule has 0 spiro atoms. The Labute approximate surface area is 90.6 Å². The van der Waals surface area contributed by atoms with E-state index in [2.05, 4.69) is 48.7 Å². The van der Waals surface area contributed by atoms with E-state index in [0.717, 1.165) is 6.54 Å². The summed E-state index contributed by atoms with van der Waals surface area (Å²) in [7, 11) is 1.99. The molecule has 1 aromatic carbocycles. The van der Waals surface area contributed by atoms with Gasteiger partial charge in [0.05, 0.1) is 0 Å². The summed E-state index contributed by atoms with van der Waals surface area (Å²) < 4.78 is 0. The normalized spacial score (nSPS) is 13.3. The van der Waals surface area contributed by atoms with Crippen molar-refractivity contribution in [3.8, 4) is 0 Å². The third-order valence-corrected chi connectivity index (χ3v) is 3.01. The summed E-state index contributed by atoms with van der Waals surface area (Å²) in [4.78, 5) is 1.32. The lowest BCUT2D eigenvalue weighted by atomic mass is 10.4. The van der Waals surface area contributed by atoms with E-state index >= 15 is 0 Å². The predicted octanol–water partition coefficient (Wildman–Crippen LogP) is 2.94. The molecule has 1 rings (SSSR count). The van der Waals surface area contributed by atoms with Crippen molar-refractivity contribution in [1.82, 2.24) is 5.32 Å². The van der Waals surface area contributed by atoms with Crippen molar-refractivity contribution in [1.29, 1.82) is 0 Å². The summed E-state index contributed by atoms with van der Waals surface area (Å²) in [5, 5.41) is 3.72. The zero-order valence-corrected chi connectivity index (χ0v) is 9.55. The lowest BCUT2D eigenvalue weighted by Crippen LogP contribution is -2.18. The average molecular weight is 207 g/mol. The Morgan fingerprint density at radius 1 is 1.36 bits per heavy atom. The highest BCUT2D eigenvalue weighted by Gasteiger charge is 2.04. The van der Waals surface area contributed by atoms with Crippen molar-refractivity contribution in [2.45, 2.75) is 17.1 Å². The molecule has 0 aromatic heterocycles. The van der Waals surface area contributed by atoms with Crippen LogP contribution in [0.15, 0.2) is 47.4 Å². The molecule has 0 aliphatic rings. The van der Waals surface area contributed by atoms with Crippen molar-refractivity contribution in [3.63, 3.8) is 0 Å². The smallest absolute Gasteiger partial charge is 0.0399 e. The largest absolute Gasteiger partial charge is 0.318 e. The van der Waals surface area contributed by atoms with Gasteiger partial charge in [0.15, 0.2) is 0 Å². The molecule has 1 aromatic rings. The van der Waals surface area contributed by atoms with E-state index in [1.54, 1.807) is 0 Å². The summed E-state index contributed by atoms with van der Waals surface area (Å²) in [6.07, 6.45) is 4.34. The quantitative estimate of drug-likeness (QED) is 0.588. The van der Waals surface area contributed by atoms with E-state index in [1.807, 2.05) is 24.9 Å². The SMILES string of the molecule is CC=CC(CNC)Sc1ccccc1. The molecular formula is C12H17NS. The predicted molar refractivity (Wildman–Crippen MR) is 64.8 cm³/mol. The molecule has 1 nitrogen and oxygen atoms in total. The van der Waals surface area contributed by atoms with Gasteiger partial charge in [-0.15, -0.1) is 11.8 Å². The van der Waals surface area contributed by atoms with Crippen LogP contribution in [-0.2, 0) is 0 Å². The van der Waals surface area contributed by atoms with Gasteiger partial charge in [-0.2, -0.15) is 0 Å². The fourth-order valence-electron chi connectivity index (χ4n) is 1.24. The molecule has 1 unspecified atom stereocenters. The molecule has 0 saturated heterocycles. The number of allylic oxidation sites excluding steroid dienone is 1. The Kier molecular flexibility index (Phi) is 5.42.